The fourth-order valence-electron chi connectivity index (χ4n) is 4.83. The zero-order valence-corrected chi connectivity index (χ0v) is 18.3. The van der Waals surface area contributed by atoms with Gasteiger partial charge in [-0.3, -0.25) is 14.3 Å². The molecule has 0 spiro atoms. The average molecular weight is 425 g/mol. The van der Waals surface area contributed by atoms with Crippen molar-refractivity contribution in [2.45, 2.75) is 51.6 Å². The van der Waals surface area contributed by atoms with Crippen LogP contribution < -0.4 is 4.74 Å². The molecule has 1 unspecified atom stereocenters. The molecule has 1 aromatic carbocycles. The van der Waals surface area contributed by atoms with E-state index in [4.69, 9.17) is 4.74 Å². The lowest BCUT2D eigenvalue weighted by atomic mass is 9.83. The third-order valence-electron chi connectivity index (χ3n) is 6.47. The van der Waals surface area contributed by atoms with E-state index in [1.54, 1.807) is 10.9 Å². The number of aryl methyl sites for hydroxylation is 1. The second-order valence-electron chi connectivity index (χ2n) is 8.69. The third kappa shape index (κ3) is 5.46. The number of hydrogen-bond donors (Lipinski definition) is 0. The van der Waals surface area contributed by atoms with Gasteiger partial charge in [0.05, 0.1) is 6.20 Å². The number of aromatic nitrogens is 2. The summed E-state index contributed by atoms with van der Waals surface area (Å²) in [5.74, 6) is 1.36. The van der Waals surface area contributed by atoms with Crippen LogP contribution in [0.4, 0.5) is 0 Å². The lowest BCUT2D eigenvalue weighted by Crippen LogP contribution is -2.52. The highest BCUT2D eigenvalue weighted by atomic mass is 16.5. The van der Waals surface area contributed by atoms with Crippen molar-refractivity contribution in [1.29, 1.82) is 0 Å². The van der Waals surface area contributed by atoms with Crippen molar-refractivity contribution in [3.05, 3.63) is 48.3 Å². The number of amides is 2. The summed E-state index contributed by atoms with van der Waals surface area (Å²) < 4.78 is 7.42. The highest BCUT2D eigenvalue weighted by Gasteiger charge is 2.35. The van der Waals surface area contributed by atoms with E-state index in [0.717, 1.165) is 63.1 Å². The highest BCUT2D eigenvalue weighted by Crippen LogP contribution is 2.31. The molecule has 31 heavy (non-hydrogen) atoms. The van der Waals surface area contributed by atoms with Crippen LogP contribution in [0, 0.1) is 12.8 Å². The van der Waals surface area contributed by atoms with E-state index in [2.05, 4.69) is 5.10 Å². The maximum absolute atomic E-state index is 12.9. The second-order valence-corrected chi connectivity index (χ2v) is 8.69. The SMILES string of the molecule is Cc1cnn(CC(=O)N2CCC(C3CCCCN3C(=O)COc3ccccc3)CC2)c1. The van der Waals surface area contributed by atoms with Crippen molar-refractivity contribution < 1.29 is 14.3 Å². The Balaban J connectivity index is 1.29. The zero-order chi connectivity index (χ0) is 21.6. The first-order valence-corrected chi connectivity index (χ1v) is 11.3. The minimum atomic E-state index is 0.0705. The molecule has 2 aliphatic rings. The number of para-hydroxylation sites is 1. The second kappa shape index (κ2) is 9.98. The molecule has 0 radical (unpaired) electrons. The van der Waals surface area contributed by atoms with Gasteiger partial charge in [0.2, 0.25) is 5.91 Å². The van der Waals surface area contributed by atoms with Gasteiger partial charge >= 0.3 is 0 Å². The Labute approximate surface area is 184 Å². The Morgan fingerprint density at radius 3 is 2.52 bits per heavy atom. The van der Waals surface area contributed by atoms with Gasteiger partial charge < -0.3 is 14.5 Å². The molecule has 0 N–H and O–H groups in total. The molecule has 2 aliphatic heterocycles. The maximum Gasteiger partial charge on any atom is 0.260 e. The third-order valence-corrected chi connectivity index (χ3v) is 6.47. The standard InChI is InChI=1S/C24H32N4O3/c1-19-15-25-27(16-19)17-23(29)26-13-10-20(11-14-26)22-9-5-6-12-28(22)24(30)18-31-21-7-3-2-4-8-21/h2-4,7-8,15-16,20,22H,5-6,9-14,17-18H2,1H3. The van der Waals surface area contributed by atoms with E-state index >= 15 is 0 Å². The van der Waals surface area contributed by atoms with Crippen molar-refractivity contribution >= 4 is 11.8 Å². The predicted molar refractivity (Wildman–Crippen MR) is 118 cm³/mol. The number of carbonyl (C=O) groups excluding carboxylic acids is 2. The van der Waals surface area contributed by atoms with Crippen LogP contribution in [-0.2, 0) is 16.1 Å². The number of benzene rings is 1. The van der Waals surface area contributed by atoms with Crippen molar-refractivity contribution in [1.82, 2.24) is 19.6 Å². The van der Waals surface area contributed by atoms with E-state index in [-0.39, 0.29) is 24.5 Å². The van der Waals surface area contributed by atoms with Gasteiger partial charge in [0.15, 0.2) is 6.61 Å². The van der Waals surface area contributed by atoms with Crippen molar-refractivity contribution in [3.8, 4) is 5.75 Å². The number of piperidine rings is 2. The minimum Gasteiger partial charge on any atom is -0.484 e. The van der Waals surface area contributed by atoms with Crippen LogP contribution in [0.25, 0.3) is 0 Å². The number of nitrogens with zero attached hydrogens (tertiary/aromatic N) is 4. The van der Waals surface area contributed by atoms with Crippen molar-refractivity contribution in [2.75, 3.05) is 26.2 Å². The number of carbonyl (C=O) groups is 2. The molecule has 1 atom stereocenters. The van der Waals surface area contributed by atoms with Gasteiger partial charge in [0.1, 0.15) is 12.3 Å². The quantitative estimate of drug-likeness (QED) is 0.715. The molecule has 0 saturated carbocycles. The van der Waals surface area contributed by atoms with E-state index < -0.39 is 0 Å². The summed E-state index contributed by atoms with van der Waals surface area (Å²) in [6.45, 7) is 4.66. The fourth-order valence-corrected chi connectivity index (χ4v) is 4.83. The van der Waals surface area contributed by atoms with E-state index in [9.17, 15) is 9.59 Å². The first-order chi connectivity index (χ1) is 15.1. The average Bonchev–Trinajstić information content (AvgIpc) is 3.22. The summed E-state index contributed by atoms with van der Waals surface area (Å²) in [4.78, 5) is 29.6. The van der Waals surface area contributed by atoms with Gasteiger partial charge in [-0.15, -0.1) is 0 Å². The summed E-state index contributed by atoms with van der Waals surface area (Å²) in [6, 6.07) is 9.75. The van der Waals surface area contributed by atoms with E-state index in [1.165, 1.54) is 0 Å². The molecule has 166 valence electrons. The molecule has 2 saturated heterocycles. The number of hydrogen-bond acceptors (Lipinski definition) is 4. The topological polar surface area (TPSA) is 67.7 Å². The Morgan fingerprint density at radius 1 is 1.03 bits per heavy atom. The minimum absolute atomic E-state index is 0.0705. The molecule has 7 heteroatoms. The Morgan fingerprint density at radius 2 is 1.81 bits per heavy atom. The zero-order valence-electron chi connectivity index (χ0n) is 18.3. The van der Waals surface area contributed by atoms with Gasteiger partial charge in [-0.25, -0.2) is 0 Å². The molecule has 7 nitrogen and oxygen atoms in total. The Kier molecular flexibility index (Phi) is 6.89. The van der Waals surface area contributed by atoms with Crippen molar-refractivity contribution in [2.24, 2.45) is 5.92 Å². The molecular weight excluding hydrogens is 392 g/mol. The summed E-state index contributed by atoms with van der Waals surface area (Å²) in [5.41, 5.74) is 1.06. The molecule has 4 rings (SSSR count). The van der Waals surface area contributed by atoms with Crippen LogP contribution in [-0.4, -0.2) is 63.7 Å². The van der Waals surface area contributed by atoms with Gasteiger partial charge in [0.25, 0.3) is 5.91 Å². The first kappa shape index (κ1) is 21.4. The van der Waals surface area contributed by atoms with Crippen LogP contribution >= 0.6 is 0 Å². The summed E-state index contributed by atoms with van der Waals surface area (Å²) in [7, 11) is 0. The fraction of sp³-hybridized carbons (Fsp3) is 0.542. The summed E-state index contributed by atoms with van der Waals surface area (Å²) in [6.07, 6.45) is 8.81. The monoisotopic (exact) mass is 424 g/mol. The number of rotatable bonds is 6. The van der Waals surface area contributed by atoms with E-state index in [1.807, 2.05) is 53.3 Å². The number of likely N-dealkylation sites (tertiary alicyclic amines) is 2. The van der Waals surface area contributed by atoms with Crippen LogP contribution in [0.2, 0.25) is 0 Å². The normalized spacial score (nSPS) is 20.0. The molecule has 2 amide bonds. The van der Waals surface area contributed by atoms with E-state index in [0.29, 0.717) is 12.5 Å². The van der Waals surface area contributed by atoms with Crippen molar-refractivity contribution in [3.63, 3.8) is 0 Å². The van der Waals surface area contributed by atoms with Gasteiger partial charge in [-0.2, -0.15) is 5.10 Å². The molecule has 0 bridgehead atoms. The predicted octanol–water partition coefficient (Wildman–Crippen LogP) is 2.89. The molecule has 1 aromatic heterocycles. The first-order valence-electron chi connectivity index (χ1n) is 11.3. The van der Waals surface area contributed by atoms with Crippen LogP contribution in [0.1, 0.15) is 37.7 Å². The highest BCUT2D eigenvalue weighted by molar-refractivity contribution is 5.78. The summed E-state index contributed by atoms with van der Waals surface area (Å²) >= 11 is 0. The molecule has 2 aromatic rings. The Bertz CT molecular complexity index is 874. The maximum atomic E-state index is 12.9. The summed E-state index contributed by atoms with van der Waals surface area (Å²) in [5, 5.41) is 4.22. The lowest BCUT2D eigenvalue weighted by molar-refractivity contribution is -0.140. The largest absolute Gasteiger partial charge is 0.484 e. The van der Waals surface area contributed by atoms with Crippen LogP contribution in [0.5, 0.6) is 5.75 Å². The van der Waals surface area contributed by atoms with Gasteiger partial charge in [-0.05, 0) is 62.6 Å². The smallest absolute Gasteiger partial charge is 0.260 e. The number of ether oxygens (including phenoxy) is 1. The van der Waals surface area contributed by atoms with Crippen LogP contribution in [0.3, 0.4) is 0 Å². The van der Waals surface area contributed by atoms with Crippen LogP contribution in [0.15, 0.2) is 42.7 Å². The molecule has 0 aliphatic carbocycles. The van der Waals surface area contributed by atoms with Gasteiger partial charge in [-0.1, -0.05) is 18.2 Å². The molecule has 3 heterocycles. The van der Waals surface area contributed by atoms with Gasteiger partial charge in [0, 0.05) is 31.9 Å². The Hall–Kier alpha value is -2.83. The molecule has 2 fully saturated rings. The lowest BCUT2D eigenvalue weighted by Gasteiger charge is -2.43. The molecular formula is C24H32N4O3.